The number of halogens is 1. The van der Waals surface area contributed by atoms with Gasteiger partial charge in [0.15, 0.2) is 0 Å². The van der Waals surface area contributed by atoms with E-state index in [0.29, 0.717) is 6.04 Å². The highest BCUT2D eigenvalue weighted by Gasteiger charge is 2.44. The highest BCUT2D eigenvalue weighted by atomic mass is 79.9. The van der Waals surface area contributed by atoms with Crippen molar-refractivity contribution in [2.45, 2.75) is 51.2 Å². The Hall–Kier alpha value is -0.540. The molecular weight excluding hydrogens is 314 g/mol. The molecule has 0 aromatic heterocycles. The monoisotopic (exact) mass is 337 g/mol. The van der Waals surface area contributed by atoms with E-state index < -0.39 is 0 Å². The summed E-state index contributed by atoms with van der Waals surface area (Å²) in [5.41, 5.74) is 1.33. The van der Waals surface area contributed by atoms with Crippen molar-refractivity contribution >= 4 is 15.9 Å². The minimum atomic E-state index is 0.0421. The topological polar surface area (TPSA) is 21.3 Å². The van der Waals surface area contributed by atoms with Gasteiger partial charge in [0.05, 0.1) is 0 Å². The average molecular weight is 338 g/mol. The summed E-state index contributed by atoms with van der Waals surface area (Å²) in [6.07, 6.45) is 4.74. The van der Waals surface area contributed by atoms with Crippen LogP contribution in [-0.4, -0.2) is 12.6 Å². The lowest BCUT2D eigenvalue weighted by molar-refractivity contribution is -0.0316. The quantitative estimate of drug-likeness (QED) is 0.802. The molecule has 1 aliphatic heterocycles. The molecule has 3 heteroatoms. The van der Waals surface area contributed by atoms with E-state index >= 15 is 0 Å². The molecule has 2 aliphatic rings. The average Bonchev–Trinajstić information content (AvgIpc) is 2.43. The third kappa shape index (κ3) is 2.50. The van der Waals surface area contributed by atoms with Gasteiger partial charge in [0, 0.05) is 22.5 Å². The van der Waals surface area contributed by atoms with Crippen LogP contribution in [-0.2, 0) is 0 Å². The maximum atomic E-state index is 6.51. The largest absolute Gasteiger partial charge is 0.487 e. The van der Waals surface area contributed by atoms with Gasteiger partial charge in [0.1, 0.15) is 11.4 Å². The summed E-state index contributed by atoms with van der Waals surface area (Å²) in [6, 6.07) is 6.79. The Balaban J connectivity index is 1.93. The van der Waals surface area contributed by atoms with Gasteiger partial charge in [-0.1, -0.05) is 29.8 Å². The second kappa shape index (κ2) is 5.34. The molecule has 1 saturated carbocycles. The van der Waals surface area contributed by atoms with E-state index in [-0.39, 0.29) is 5.60 Å². The summed E-state index contributed by atoms with van der Waals surface area (Å²) in [5, 5.41) is 3.48. The number of hydrogen-bond donors (Lipinski definition) is 1. The fraction of sp³-hybridized carbons (Fsp3) is 0.647. The molecule has 1 heterocycles. The molecule has 110 valence electrons. The van der Waals surface area contributed by atoms with Crippen LogP contribution in [0, 0.1) is 11.8 Å². The molecule has 1 fully saturated rings. The molecule has 0 radical (unpaired) electrons. The smallest absolute Gasteiger partial charge is 0.125 e. The van der Waals surface area contributed by atoms with E-state index in [1.807, 2.05) is 0 Å². The van der Waals surface area contributed by atoms with E-state index in [2.05, 4.69) is 60.3 Å². The van der Waals surface area contributed by atoms with Crippen molar-refractivity contribution in [1.82, 2.24) is 5.32 Å². The van der Waals surface area contributed by atoms with Crippen molar-refractivity contribution in [3.05, 3.63) is 28.2 Å². The summed E-state index contributed by atoms with van der Waals surface area (Å²) in [7, 11) is 2.06. The Kier molecular flexibility index (Phi) is 3.85. The van der Waals surface area contributed by atoms with Gasteiger partial charge in [0.2, 0.25) is 0 Å². The van der Waals surface area contributed by atoms with Gasteiger partial charge in [-0.2, -0.15) is 0 Å². The lowest BCUT2D eigenvalue weighted by Gasteiger charge is -2.47. The number of ether oxygens (including phenoxy) is 1. The van der Waals surface area contributed by atoms with Gasteiger partial charge >= 0.3 is 0 Å². The minimum Gasteiger partial charge on any atom is -0.487 e. The summed E-state index contributed by atoms with van der Waals surface area (Å²) >= 11 is 3.57. The fourth-order valence-corrected chi connectivity index (χ4v) is 4.22. The first-order chi connectivity index (χ1) is 9.53. The van der Waals surface area contributed by atoms with Gasteiger partial charge in [-0.05, 0) is 56.3 Å². The standard InChI is InChI=1S/C17H24BrNO/c1-11-6-7-17(9-12(11)2)10-15(19-3)14-8-13(18)4-5-16(14)20-17/h4-5,8,11-12,15,19H,6-7,9-10H2,1-3H3. The first-order valence-electron chi connectivity index (χ1n) is 7.69. The van der Waals surface area contributed by atoms with Gasteiger partial charge in [-0.25, -0.2) is 0 Å². The number of benzene rings is 1. The lowest BCUT2D eigenvalue weighted by atomic mass is 9.69. The van der Waals surface area contributed by atoms with Crippen molar-refractivity contribution in [3.8, 4) is 5.75 Å². The zero-order valence-corrected chi connectivity index (χ0v) is 14.2. The zero-order valence-electron chi connectivity index (χ0n) is 12.6. The summed E-state index contributed by atoms with van der Waals surface area (Å²) in [6.45, 7) is 4.75. The molecule has 1 spiro atoms. The van der Waals surface area contributed by atoms with E-state index in [1.165, 1.54) is 24.8 Å². The number of rotatable bonds is 1. The number of fused-ring (bicyclic) bond motifs is 1. The zero-order chi connectivity index (χ0) is 14.3. The Morgan fingerprint density at radius 2 is 2.05 bits per heavy atom. The van der Waals surface area contributed by atoms with Crippen molar-refractivity contribution in [2.75, 3.05) is 7.05 Å². The highest BCUT2D eigenvalue weighted by molar-refractivity contribution is 9.10. The van der Waals surface area contributed by atoms with E-state index in [0.717, 1.165) is 28.5 Å². The van der Waals surface area contributed by atoms with Crippen LogP contribution in [0.3, 0.4) is 0 Å². The van der Waals surface area contributed by atoms with Crippen LogP contribution in [0.15, 0.2) is 22.7 Å². The number of hydrogen-bond acceptors (Lipinski definition) is 2. The minimum absolute atomic E-state index is 0.0421. The van der Waals surface area contributed by atoms with Crippen molar-refractivity contribution in [1.29, 1.82) is 0 Å². The maximum absolute atomic E-state index is 6.51. The molecule has 3 rings (SSSR count). The predicted molar refractivity (Wildman–Crippen MR) is 86.1 cm³/mol. The van der Waals surface area contributed by atoms with Crippen LogP contribution in [0.2, 0.25) is 0 Å². The van der Waals surface area contributed by atoms with Gasteiger partial charge in [0.25, 0.3) is 0 Å². The summed E-state index contributed by atoms with van der Waals surface area (Å²) < 4.78 is 7.63. The lowest BCUT2D eigenvalue weighted by Crippen LogP contribution is -2.48. The van der Waals surface area contributed by atoms with E-state index in [4.69, 9.17) is 4.74 Å². The molecule has 0 saturated heterocycles. The molecule has 1 aromatic rings. The van der Waals surface area contributed by atoms with Crippen LogP contribution in [0.1, 0.15) is 51.1 Å². The van der Waals surface area contributed by atoms with Crippen molar-refractivity contribution < 1.29 is 4.74 Å². The van der Waals surface area contributed by atoms with Crippen LogP contribution in [0.4, 0.5) is 0 Å². The first-order valence-corrected chi connectivity index (χ1v) is 8.48. The third-order valence-electron chi connectivity index (χ3n) is 5.32. The molecule has 20 heavy (non-hydrogen) atoms. The highest BCUT2D eigenvalue weighted by Crippen LogP contribution is 2.48. The Morgan fingerprint density at radius 3 is 2.75 bits per heavy atom. The van der Waals surface area contributed by atoms with Gasteiger partial charge in [-0.3, -0.25) is 0 Å². The van der Waals surface area contributed by atoms with E-state index in [1.54, 1.807) is 0 Å². The summed E-state index contributed by atoms with van der Waals surface area (Å²) in [4.78, 5) is 0. The molecule has 4 unspecified atom stereocenters. The Morgan fingerprint density at radius 1 is 1.25 bits per heavy atom. The maximum Gasteiger partial charge on any atom is 0.125 e. The molecule has 0 amide bonds. The first kappa shape index (κ1) is 14.4. The van der Waals surface area contributed by atoms with Crippen molar-refractivity contribution in [3.63, 3.8) is 0 Å². The van der Waals surface area contributed by atoms with Crippen LogP contribution in [0.25, 0.3) is 0 Å². The van der Waals surface area contributed by atoms with Crippen LogP contribution in [0.5, 0.6) is 5.75 Å². The normalized spacial score (nSPS) is 36.5. The second-order valence-electron chi connectivity index (χ2n) is 6.71. The van der Waals surface area contributed by atoms with Crippen LogP contribution < -0.4 is 10.1 Å². The molecular formula is C17H24BrNO. The summed E-state index contributed by atoms with van der Waals surface area (Å²) in [5.74, 6) is 2.64. The van der Waals surface area contributed by atoms with Gasteiger partial charge < -0.3 is 10.1 Å². The number of nitrogens with one attached hydrogen (secondary N) is 1. The molecule has 4 atom stereocenters. The molecule has 1 aliphatic carbocycles. The second-order valence-corrected chi connectivity index (χ2v) is 7.63. The fourth-order valence-electron chi connectivity index (χ4n) is 3.84. The molecule has 0 bridgehead atoms. The van der Waals surface area contributed by atoms with E-state index in [9.17, 15) is 0 Å². The Bertz CT molecular complexity index is 504. The third-order valence-corrected chi connectivity index (χ3v) is 5.81. The Labute approximate surface area is 130 Å². The van der Waals surface area contributed by atoms with Gasteiger partial charge in [-0.15, -0.1) is 0 Å². The molecule has 1 N–H and O–H groups in total. The van der Waals surface area contributed by atoms with Crippen molar-refractivity contribution in [2.24, 2.45) is 11.8 Å². The predicted octanol–water partition coefficient (Wildman–Crippen LogP) is 4.69. The molecule has 2 nitrogen and oxygen atoms in total. The molecule has 1 aromatic carbocycles. The SMILES string of the molecule is CNC1CC2(CCC(C)C(C)C2)Oc2ccc(Br)cc21. The van der Waals surface area contributed by atoms with Crippen LogP contribution >= 0.6 is 15.9 Å².